The van der Waals surface area contributed by atoms with E-state index in [2.05, 4.69) is 4.98 Å². The molecule has 0 fully saturated rings. The van der Waals surface area contributed by atoms with Crippen LogP contribution in [0.25, 0.3) is 0 Å². The Hall–Kier alpha value is -2.23. The van der Waals surface area contributed by atoms with Gasteiger partial charge in [-0.2, -0.15) is 0 Å². The molecule has 0 saturated carbocycles. The second kappa shape index (κ2) is 5.18. The van der Waals surface area contributed by atoms with E-state index in [0.717, 1.165) is 28.5 Å². The van der Waals surface area contributed by atoms with E-state index in [9.17, 15) is 0 Å². The van der Waals surface area contributed by atoms with Gasteiger partial charge < -0.3 is 14.2 Å². The number of fused-ring (bicyclic) bond motifs is 1. The summed E-state index contributed by atoms with van der Waals surface area (Å²) in [4.78, 5) is 4.19. The quantitative estimate of drug-likeness (QED) is 0.847. The minimum atomic E-state index is 0.487. The van der Waals surface area contributed by atoms with Crippen LogP contribution in [0.15, 0.2) is 36.5 Å². The van der Waals surface area contributed by atoms with E-state index in [-0.39, 0.29) is 0 Å². The highest BCUT2D eigenvalue weighted by Gasteiger charge is 2.11. The van der Waals surface area contributed by atoms with Gasteiger partial charge in [-0.15, -0.1) is 0 Å². The first kappa shape index (κ1) is 11.8. The van der Waals surface area contributed by atoms with Crippen LogP contribution in [0.5, 0.6) is 17.2 Å². The van der Waals surface area contributed by atoms with Crippen molar-refractivity contribution in [3.63, 3.8) is 0 Å². The molecule has 19 heavy (non-hydrogen) atoms. The first-order chi connectivity index (χ1) is 9.31. The van der Waals surface area contributed by atoms with Crippen molar-refractivity contribution in [2.45, 2.75) is 13.5 Å². The van der Waals surface area contributed by atoms with E-state index in [4.69, 9.17) is 14.2 Å². The first-order valence-corrected chi connectivity index (χ1v) is 6.25. The Bertz CT molecular complexity index is 566. The third-order valence-corrected chi connectivity index (χ3v) is 2.90. The molecule has 4 heteroatoms. The molecular weight excluding hydrogens is 242 g/mol. The lowest BCUT2D eigenvalue weighted by Crippen LogP contribution is -2.15. The maximum Gasteiger partial charge on any atom is 0.161 e. The normalized spacial score (nSPS) is 13.1. The molecule has 1 aromatic heterocycles. The van der Waals surface area contributed by atoms with Gasteiger partial charge in [0.15, 0.2) is 11.5 Å². The minimum Gasteiger partial charge on any atom is -0.487 e. The van der Waals surface area contributed by atoms with Gasteiger partial charge in [-0.05, 0) is 36.8 Å². The molecule has 0 amide bonds. The fourth-order valence-electron chi connectivity index (χ4n) is 1.88. The zero-order chi connectivity index (χ0) is 13.1. The van der Waals surface area contributed by atoms with Crippen LogP contribution in [-0.4, -0.2) is 18.2 Å². The van der Waals surface area contributed by atoms with E-state index in [1.54, 1.807) is 6.20 Å². The molecule has 0 spiro atoms. The molecule has 2 aromatic rings. The van der Waals surface area contributed by atoms with Crippen molar-refractivity contribution in [3.05, 3.63) is 47.8 Å². The van der Waals surface area contributed by atoms with Gasteiger partial charge in [-0.3, -0.25) is 4.98 Å². The summed E-state index contributed by atoms with van der Waals surface area (Å²) in [5.74, 6) is 2.35. The summed E-state index contributed by atoms with van der Waals surface area (Å²) in [5.41, 5.74) is 2.02. The van der Waals surface area contributed by atoms with Crippen LogP contribution in [-0.2, 0) is 6.61 Å². The number of ether oxygens (including phenoxy) is 3. The number of hydrogen-bond donors (Lipinski definition) is 0. The molecule has 0 radical (unpaired) electrons. The molecule has 1 aliphatic heterocycles. The molecule has 2 heterocycles. The maximum absolute atomic E-state index is 5.68. The molecule has 98 valence electrons. The number of aromatic nitrogens is 1. The van der Waals surface area contributed by atoms with E-state index in [1.165, 1.54) is 0 Å². The summed E-state index contributed by atoms with van der Waals surface area (Å²) in [6.45, 7) is 3.64. The van der Waals surface area contributed by atoms with Crippen molar-refractivity contribution in [2.24, 2.45) is 0 Å². The average Bonchev–Trinajstić information content (AvgIpc) is 2.46. The Labute approximate surface area is 112 Å². The van der Waals surface area contributed by atoms with Crippen molar-refractivity contribution in [1.82, 2.24) is 4.98 Å². The number of hydrogen-bond acceptors (Lipinski definition) is 4. The van der Waals surface area contributed by atoms with Gasteiger partial charge in [0.05, 0.1) is 6.20 Å². The van der Waals surface area contributed by atoms with Gasteiger partial charge in [-0.25, -0.2) is 0 Å². The fourth-order valence-corrected chi connectivity index (χ4v) is 1.88. The fraction of sp³-hybridized carbons (Fsp3) is 0.267. The lowest BCUT2D eigenvalue weighted by molar-refractivity contribution is 0.171. The standard InChI is InChI=1S/C15H15NO3/c1-11-2-4-13(9-16-11)19-10-12-3-5-14-15(8-12)18-7-6-17-14/h2-5,8-9H,6-7,10H2,1H3. The molecule has 0 N–H and O–H groups in total. The van der Waals surface area contributed by atoms with Crippen molar-refractivity contribution < 1.29 is 14.2 Å². The molecule has 1 aromatic carbocycles. The molecule has 4 nitrogen and oxygen atoms in total. The topological polar surface area (TPSA) is 40.6 Å². The zero-order valence-corrected chi connectivity index (χ0v) is 10.8. The SMILES string of the molecule is Cc1ccc(OCc2ccc3c(c2)OCCO3)cn1. The highest BCUT2D eigenvalue weighted by molar-refractivity contribution is 5.43. The van der Waals surface area contributed by atoms with Crippen LogP contribution < -0.4 is 14.2 Å². The molecule has 0 atom stereocenters. The van der Waals surface area contributed by atoms with Crippen LogP contribution in [0.1, 0.15) is 11.3 Å². The Morgan fingerprint density at radius 3 is 2.74 bits per heavy atom. The Balaban J connectivity index is 1.68. The summed E-state index contributed by atoms with van der Waals surface area (Å²) >= 11 is 0. The van der Waals surface area contributed by atoms with Crippen LogP contribution in [0.3, 0.4) is 0 Å². The maximum atomic E-state index is 5.68. The molecule has 1 aliphatic rings. The third kappa shape index (κ3) is 2.78. The molecule has 0 aliphatic carbocycles. The number of benzene rings is 1. The molecule has 0 unspecified atom stereocenters. The summed E-state index contributed by atoms with van der Waals surface area (Å²) in [6, 6.07) is 9.70. The summed E-state index contributed by atoms with van der Waals surface area (Å²) in [5, 5.41) is 0. The summed E-state index contributed by atoms with van der Waals surface area (Å²) in [6.07, 6.45) is 1.73. The number of aryl methyl sites for hydroxylation is 1. The average molecular weight is 257 g/mol. The minimum absolute atomic E-state index is 0.487. The Kier molecular flexibility index (Phi) is 3.23. The van der Waals surface area contributed by atoms with Gasteiger partial charge in [-0.1, -0.05) is 6.07 Å². The number of pyridine rings is 1. The van der Waals surface area contributed by atoms with Gasteiger partial charge in [0.2, 0.25) is 0 Å². The number of nitrogens with zero attached hydrogens (tertiary/aromatic N) is 1. The lowest BCUT2D eigenvalue weighted by Gasteiger charge is -2.18. The van der Waals surface area contributed by atoms with Crippen LogP contribution in [0, 0.1) is 6.92 Å². The summed E-state index contributed by atoms with van der Waals surface area (Å²) in [7, 11) is 0. The van der Waals surface area contributed by atoms with Gasteiger partial charge >= 0.3 is 0 Å². The van der Waals surface area contributed by atoms with Crippen molar-refractivity contribution in [1.29, 1.82) is 0 Å². The van der Waals surface area contributed by atoms with Gasteiger partial charge in [0.1, 0.15) is 25.6 Å². The molecule has 0 saturated heterocycles. The second-order valence-corrected chi connectivity index (χ2v) is 4.40. The monoisotopic (exact) mass is 257 g/mol. The van der Waals surface area contributed by atoms with Crippen molar-refractivity contribution in [3.8, 4) is 17.2 Å². The van der Waals surface area contributed by atoms with Crippen molar-refractivity contribution in [2.75, 3.05) is 13.2 Å². The van der Waals surface area contributed by atoms with Gasteiger partial charge in [0, 0.05) is 5.69 Å². The molecule has 3 rings (SSSR count). The predicted molar refractivity (Wildman–Crippen MR) is 70.7 cm³/mol. The van der Waals surface area contributed by atoms with E-state index in [1.807, 2.05) is 37.3 Å². The third-order valence-electron chi connectivity index (χ3n) is 2.90. The molecular formula is C15H15NO3. The van der Waals surface area contributed by atoms with E-state index < -0.39 is 0 Å². The highest BCUT2D eigenvalue weighted by atomic mass is 16.6. The first-order valence-electron chi connectivity index (χ1n) is 6.25. The Morgan fingerprint density at radius 2 is 1.95 bits per heavy atom. The van der Waals surface area contributed by atoms with Crippen LogP contribution >= 0.6 is 0 Å². The largest absolute Gasteiger partial charge is 0.487 e. The van der Waals surface area contributed by atoms with Crippen molar-refractivity contribution >= 4 is 0 Å². The smallest absolute Gasteiger partial charge is 0.161 e. The van der Waals surface area contributed by atoms with Crippen LogP contribution in [0.2, 0.25) is 0 Å². The zero-order valence-electron chi connectivity index (χ0n) is 10.8. The summed E-state index contributed by atoms with van der Waals surface area (Å²) < 4.78 is 16.7. The molecule has 0 bridgehead atoms. The Morgan fingerprint density at radius 1 is 1.11 bits per heavy atom. The van der Waals surface area contributed by atoms with E-state index >= 15 is 0 Å². The predicted octanol–water partition coefficient (Wildman–Crippen LogP) is 2.74. The number of rotatable bonds is 3. The second-order valence-electron chi connectivity index (χ2n) is 4.40. The van der Waals surface area contributed by atoms with E-state index in [0.29, 0.717) is 19.8 Å². The lowest BCUT2D eigenvalue weighted by atomic mass is 10.2. The highest BCUT2D eigenvalue weighted by Crippen LogP contribution is 2.31. The van der Waals surface area contributed by atoms with Crippen LogP contribution in [0.4, 0.5) is 0 Å². The van der Waals surface area contributed by atoms with Gasteiger partial charge in [0.25, 0.3) is 0 Å².